The molecule has 0 atom stereocenters. The van der Waals surface area contributed by atoms with Crippen LogP contribution in [0.3, 0.4) is 0 Å². The smallest absolute Gasteiger partial charge is 0.256 e. The van der Waals surface area contributed by atoms with Crippen LogP contribution in [0.4, 0.5) is 4.39 Å². The van der Waals surface area contributed by atoms with E-state index in [1.54, 1.807) is 12.0 Å². The predicted octanol–water partition coefficient (Wildman–Crippen LogP) is 1.42. The molecule has 1 saturated heterocycles. The molecule has 1 aromatic carbocycles. The van der Waals surface area contributed by atoms with Crippen LogP contribution in [0.5, 0.6) is 0 Å². The zero-order valence-electron chi connectivity index (χ0n) is 11.9. The Bertz CT molecular complexity index is 569. The quantitative estimate of drug-likeness (QED) is 0.838. The van der Waals surface area contributed by atoms with Crippen molar-refractivity contribution in [1.82, 2.24) is 4.90 Å². The average Bonchev–Trinajstić information content (AvgIpc) is 2.53. The number of likely N-dealkylation sites (tertiary alicyclic amines) is 1. The summed E-state index contributed by atoms with van der Waals surface area (Å²) in [5.41, 5.74) is 0.538. The molecule has 1 aliphatic rings. The maximum absolute atomic E-state index is 13.9. The van der Waals surface area contributed by atoms with Gasteiger partial charge >= 0.3 is 0 Å². The maximum Gasteiger partial charge on any atom is 0.256 e. The number of hydrogen-bond donors (Lipinski definition) is 1. The zero-order valence-corrected chi connectivity index (χ0v) is 11.9. The van der Waals surface area contributed by atoms with E-state index < -0.39 is 5.82 Å². The van der Waals surface area contributed by atoms with Crippen LogP contribution < -0.4 is 0 Å². The first-order chi connectivity index (χ1) is 10.2. The third kappa shape index (κ3) is 3.81. The Kier molecular flexibility index (Phi) is 5.32. The number of carbonyl (C=O) groups excluding carboxylic acids is 1. The number of nitrogens with zero attached hydrogens (tertiary/aromatic N) is 1. The minimum absolute atomic E-state index is 0.0237. The van der Waals surface area contributed by atoms with Crippen LogP contribution in [0, 0.1) is 17.7 Å². The summed E-state index contributed by atoms with van der Waals surface area (Å²) in [4.78, 5) is 14.0. The van der Waals surface area contributed by atoms with E-state index in [1.807, 2.05) is 0 Å². The maximum atomic E-state index is 13.9. The Labute approximate surface area is 123 Å². The monoisotopic (exact) mass is 291 g/mol. The lowest BCUT2D eigenvalue weighted by Gasteiger charge is -2.31. The third-order valence-corrected chi connectivity index (χ3v) is 3.57. The van der Waals surface area contributed by atoms with Gasteiger partial charge in [0.2, 0.25) is 0 Å². The standard InChI is InChI=1S/C16H18FNO3/c1-21-13-6-8-18(9-7-13)16(20)14-11-12(3-2-10-19)4-5-15(14)17/h4-5,11,13,19H,6-10H2,1H3. The van der Waals surface area contributed by atoms with E-state index in [-0.39, 0.29) is 24.2 Å². The molecule has 0 radical (unpaired) electrons. The van der Waals surface area contributed by atoms with Gasteiger partial charge in [0.05, 0.1) is 11.7 Å². The number of amides is 1. The van der Waals surface area contributed by atoms with E-state index in [1.165, 1.54) is 18.2 Å². The lowest BCUT2D eigenvalue weighted by molar-refractivity contribution is 0.0348. The summed E-state index contributed by atoms with van der Waals surface area (Å²) in [6, 6.07) is 4.16. The molecule has 1 aliphatic heterocycles. The molecule has 1 amide bonds. The highest BCUT2D eigenvalue weighted by molar-refractivity contribution is 5.95. The van der Waals surface area contributed by atoms with Gasteiger partial charge in [-0.3, -0.25) is 4.79 Å². The van der Waals surface area contributed by atoms with Gasteiger partial charge in [-0.1, -0.05) is 11.8 Å². The second-order valence-electron chi connectivity index (χ2n) is 4.88. The summed E-state index contributed by atoms with van der Waals surface area (Å²) in [5.74, 6) is 4.29. The third-order valence-electron chi connectivity index (χ3n) is 3.57. The fraction of sp³-hybridized carbons (Fsp3) is 0.438. The van der Waals surface area contributed by atoms with Crippen molar-refractivity contribution in [2.24, 2.45) is 0 Å². The molecule has 0 aromatic heterocycles. The summed E-state index contributed by atoms with van der Waals surface area (Å²) in [6.45, 7) is 0.845. The number of methoxy groups -OCH3 is 1. The Morgan fingerprint density at radius 1 is 1.48 bits per heavy atom. The van der Waals surface area contributed by atoms with Crippen molar-refractivity contribution in [3.8, 4) is 11.8 Å². The van der Waals surface area contributed by atoms with Gasteiger partial charge in [0.1, 0.15) is 12.4 Å². The second kappa shape index (κ2) is 7.21. The van der Waals surface area contributed by atoms with Crippen molar-refractivity contribution in [3.63, 3.8) is 0 Å². The van der Waals surface area contributed by atoms with Gasteiger partial charge in [-0.25, -0.2) is 4.39 Å². The van der Waals surface area contributed by atoms with Gasteiger partial charge in [0, 0.05) is 25.8 Å². The molecule has 112 valence electrons. The fourth-order valence-corrected chi connectivity index (χ4v) is 2.37. The van der Waals surface area contributed by atoms with E-state index in [2.05, 4.69) is 11.8 Å². The first-order valence-electron chi connectivity index (χ1n) is 6.87. The van der Waals surface area contributed by atoms with E-state index in [4.69, 9.17) is 9.84 Å². The van der Waals surface area contributed by atoms with E-state index in [0.29, 0.717) is 18.7 Å². The largest absolute Gasteiger partial charge is 0.384 e. The first kappa shape index (κ1) is 15.5. The molecule has 1 heterocycles. The van der Waals surface area contributed by atoms with Crippen LogP contribution in [0.2, 0.25) is 0 Å². The van der Waals surface area contributed by atoms with Crippen LogP contribution in [0.25, 0.3) is 0 Å². The number of ether oxygens (including phenoxy) is 1. The first-order valence-corrected chi connectivity index (χ1v) is 6.87. The number of aliphatic hydroxyl groups is 1. The Morgan fingerprint density at radius 2 is 2.19 bits per heavy atom. The summed E-state index contributed by atoms with van der Waals surface area (Å²) in [7, 11) is 1.66. The summed E-state index contributed by atoms with van der Waals surface area (Å²) < 4.78 is 19.1. The van der Waals surface area contributed by atoms with Crippen molar-refractivity contribution in [2.45, 2.75) is 18.9 Å². The van der Waals surface area contributed by atoms with Gasteiger partial charge in [-0.2, -0.15) is 0 Å². The highest BCUT2D eigenvalue weighted by Crippen LogP contribution is 2.18. The highest BCUT2D eigenvalue weighted by Gasteiger charge is 2.25. The van der Waals surface area contributed by atoms with Crippen molar-refractivity contribution in [2.75, 3.05) is 26.8 Å². The molecule has 0 saturated carbocycles. The molecular weight excluding hydrogens is 273 g/mol. The van der Waals surface area contributed by atoms with E-state index in [0.717, 1.165) is 12.8 Å². The lowest BCUT2D eigenvalue weighted by atomic mass is 10.0. The number of carbonyl (C=O) groups is 1. The van der Waals surface area contributed by atoms with Crippen LogP contribution in [-0.4, -0.2) is 48.8 Å². The van der Waals surface area contributed by atoms with Gasteiger partial charge in [-0.15, -0.1) is 0 Å². The van der Waals surface area contributed by atoms with Gasteiger partial charge in [0.25, 0.3) is 5.91 Å². The van der Waals surface area contributed by atoms with Crippen LogP contribution in [0.15, 0.2) is 18.2 Å². The number of hydrogen-bond acceptors (Lipinski definition) is 3. The molecule has 1 fully saturated rings. The molecule has 1 aromatic rings. The van der Waals surface area contributed by atoms with Crippen LogP contribution >= 0.6 is 0 Å². The van der Waals surface area contributed by atoms with E-state index >= 15 is 0 Å². The normalized spacial score (nSPS) is 15.5. The number of benzene rings is 1. The molecule has 0 aliphatic carbocycles. The predicted molar refractivity (Wildman–Crippen MR) is 76.3 cm³/mol. The highest BCUT2D eigenvalue weighted by atomic mass is 19.1. The topological polar surface area (TPSA) is 49.8 Å². The molecule has 5 heteroatoms. The van der Waals surface area contributed by atoms with Crippen molar-refractivity contribution >= 4 is 5.91 Å². The Balaban J connectivity index is 2.15. The van der Waals surface area contributed by atoms with Crippen molar-refractivity contribution in [3.05, 3.63) is 35.1 Å². The molecular formula is C16H18FNO3. The Hall–Kier alpha value is -1.90. The fourth-order valence-electron chi connectivity index (χ4n) is 2.37. The molecule has 1 N–H and O–H groups in total. The van der Waals surface area contributed by atoms with Crippen molar-refractivity contribution < 1.29 is 19.0 Å². The molecule has 4 nitrogen and oxygen atoms in total. The van der Waals surface area contributed by atoms with E-state index in [9.17, 15) is 9.18 Å². The van der Waals surface area contributed by atoms with Gasteiger partial charge in [-0.05, 0) is 31.0 Å². The molecule has 21 heavy (non-hydrogen) atoms. The summed E-state index contributed by atoms with van der Waals surface area (Å²) in [5, 5.41) is 8.68. The number of halogens is 1. The van der Waals surface area contributed by atoms with Crippen LogP contribution in [0.1, 0.15) is 28.8 Å². The van der Waals surface area contributed by atoms with Crippen molar-refractivity contribution in [1.29, 1.82) is 0 Å². The number of aliphatic hydroxyl groups excluding tert-OH is 1. The second-order valence-corrected chi connectivity index (χ2v) is 4.88. The average molecular weight is 291 g/mol. The molecule has 2 rings (SSSR count). The SMILES string of the molecule is COC1CCN(C(=O)c2cc(C#CCO)ccc2F)CC1. The Morgan fingerprint density at radius 3 is 2.81 bits per heavy atom. The van der Waals surface area contributed by atoms with Gasteiger partial charge < -0.3 is 14.7 Å². The number of piperidine rings is 1. The zero-order chi connectivity index (χ0) is 15.2. The lowest BCUT2D eigenvalue weighted by Crippen LogP contribution is -2.40. The minimum Gasteiger partial charge on any atom is -0.384 e. The minimum atomic E-state index is -0.552. The molecule has 0 bridgehead atoms. The van der Waals surface area contributed by atoms with Crippen LogP contribution in [-0.2, 0) is 4.74 Å². The summed E-state index contributed by atoms with van der Waals surface area (Å²) in [6.07, 6.45) is 1.68. The van der Waals surface area contributed by atoms with Gasteiger partial charge in [0.15, 0.2) is 0 Å². The molecule has 0 unspecified atom stereocenters. The number of rotatable bonds is 2. The summed E-state index contributed by atoms with van der Waals surface area (Å²) >= 11 is 0. The molecule has 0 spiro atoms.